The fraction of sp³-hybridized carbons (Fsp3) is 0.0556. The van der Waals surface area contributed by atoms with Crippen molar-refractivity contribution in [3.63, 3.8) is 0 Å². The molecule has 0 saturated carbocycles. The number of nitro benzene ring substituents is 1. The number of aromatic hydroxyl groups is 1. The molecule has 0 aliphatic heterocycles. The number of aryl methyl sites for hydroxylation is 1. The van der Waals surface area contributed by atoms with Gasteiger partial charge in [0.05, 0.1) is 15.5 Å². The Bertz CT molecular complexity index is 1240. The molecule has 0 radical (unpaired) electrons. The SMILES string of the molecule is Cc1ccc(C(=O)Nc2c(O)ccc3ccc(S(=O)(=O)O)cc23)cc1[N+](=O)[O-]. The minimum atomic E-state index is -4.49. The number of carbonyl (C=O) groups is 1. The van der Waals surface area contributed by atoms with E-state index in [9.17, 15) is 33.0 Å². The second-order valence-electron chi connectivity index (χ2n) is 6.03. The van der Waals surface area contributed by atoms with Crippen LogP contribution in [0.15, 0.2) is 53.4 Å². The number of fused-ring (bicyclic) bond motifs is 1. The number of carbonyl (C=O) groups excluding carboxylic acids is 1. The lowest BCUT2D eigenvalue weighted by molar-refractivity contribution is -0.385. The van der Waals surface area contributed by atoms with Crippen LogP contribution in [0.5, 0.6) is 5.75 Å². The summed E-state index contributed by atoms with van der Waals surface area (Å²) in [5.74, 6) is -1.07. The summed E-state index contributed by atoms with van der Waals surface area (Å²) in [6.07, 6.45) is 0. The number of amides is 1. The summed E-state index contributed by atoms with van der Waals surface area (Å²) in [6.45, 7) is 1.53. The van der Waals surface area contributed by atoms with E-state index in [4.69, 9.17) is 0 Å². The Morgan fingerprint density at radius 2 is 1.79 bits per heavy atom. The van der Waals surface area contributed by atoms with Crippen molar-refractivity contribution in [3.05, 3.63) is 69.8 Å². The fourth-order valence-corrected chi connectivity index (χ4v) is 3.22. The Morgan fingerprint density at radius 3 is 2.43 bits per heavy atom. The molecule has 0 heterocycles. The van der Waals surface area contributed by atoms with Crippen LogP contribution >= 0.6 is 0 Å². The van der Waals surface area contributed by atoms with E-state index < -0.39 is 25.8 Å². The zero-order chi connectivity index (χ0) is 20.6. The van der Waals surface area contributed by atoms with Gasteiger partial charge in [0.2, 0.25) is 0 Å². The quantitative estimate of drug-likeness (QED) is 0.263. The molecule has 0 aromatic heterocycles. The second kappa shape index (κ2) is 6.91. The highest BCUT2D eigenvalue weighted by Gasteiger charge is 2.18. The zero-order valence-corrected chi connectivity index (χ0v) is 15.2. The van der Waals surface area contributed by atoms with Crippen LogP contribution < -0.4 is 5.32 Å². The summed E-state index contributed by atoms with van der Waals surface area (Å²) in [5.41, 5.74) is 0.0478. The first-order chi connectivity index (χ1) is 13.1. The molecule has 1 amide bonds. The van der Waals surface area contributed by atoms with Crippen molar-refractivity contribution < 1.29 is 27.8 Å². The van der Waals surface area contributed by atoms with E-state index in [1.807, 2.05) is 0 Å². The first kappa shape index (κ1) is 19.3. The molecule has 0 spiro atoms. The van der Waals surface area contributed by atoms with Crippen LogP contribution in [0.2, 0.25) is 0 Å². The van der Waals surface area contributed by atoms with Crippen LogP contribution in [-0.4, -0.2) is 28.9 Å². The molecule has 0 unspecified atom stereocenters. The van der Waals surface area contributed by atoms with Gasteiger partial charge in [0.25, 0.3) is 21.7 Å². The number of nitro groups is 1. The van der Waals surface area contributed by atoms with Crippen LogP contribution in [0.3, 0.4) is 0 Å². The third kappa shape index (κ3) is 3.63. The summed E-state index contributed by atoms with van der Waals surface area (Å²) >= 11 is 0. The van der Waals surface area contributed by atoms with Gasteiger partial charge in [-0.25, -0.2) is 0 Å². The predicted octanol–water partition coefficient (Wildman–Crippen LogP) is 3.26. The molecular weight excluding hydrogens is 388 g/mol. The predicted molar refractivity (Wildman–Crippen MR) is 101 cm³/mol. The standard InChI is InChI=1S/C18H14N2O7S/c1-10-2-3-12(8-15(10)20(23)24)18(22)19-17-14-9-13(28(25,26)27)6-4-11(14)5-7-16(17)21/h2-9,21H,1H3,(H,19,22)(H,25,26,27). The molecule has 28 heavy (non-hydrogen) atoms. The topological polar surface area (TPSA) is 147 Å². The summed E-state index contributed by atoms with van der Waals surface area (Å²) in [4.78, 5) is 22.6. The molecular formula is C18H14N2O7S. The van der Waals surface area contributed by atoms with Crippen molar-refractivity contribution in [2.45, 2.75) is 11.8 Å². The Hall–Kier alpha value is -3.50. The number of phenolic OH excluding ortho intramolecular Hbond substituents is 1. The van der Waals surface area contributed by atoms with E-state index in [1.54, 1.807) is 0 Å². The highest BCUT2D eigenvalue weighted by atomic mass is 32.2. The van der Waals surface area contributed by atoms with Crippen LogP contribution in [0, 0.1) is 17.0 Å². The number of nitrogens with zero attached hydrogens (tertiary/aromatic N) is 1. The molecule has 10 heteroatoms. The third-order valence-electron chi connectivity index (χ3n) is 4.18. The Kier molecular flexibility index (Phi) is 4.75. The molecule has 0 aliphatic carbocycles. The third-order valence-corrected chi connectivity index (χ3v) is 5.03. The van der Waals surface area contributed by atoms with Gasteiger partial charge < -0.3 is 10.4 Å². The molecule has 0 bridgehead atoms. The van der Waals surface area contributed by atoms with Gasteiger partial charge in [0.15, 0.2) is 0 Å². The molecule has 0 fully saturated rings. The van der Waals surface area contributed by atoms with E-state index in [1.165, 1.54) is 43.3 Å². The molecule has 3 aromatic carbocycles. The Labute approximate surface area is 159 Å². The number of benzene rings is 3. The monoisotopic (exact) mass is 402 g/mol. The number of anilines is 1. The number of nitrogens with one attached hydrogen (secondary N) is 1. The van der Waals surface area contributed by atoms with Gasteiger partial charge in [-0.2, -0.15) is 8.42 Å². The van der Waals surface area contributed by atoms with Crippen molar-refractivity contribution in [1.82, 2.24) is 0 Å². The molecule has 3 aromatic rings. The average Bonchev–Trinajstić information content (AvgIpc) is 2.62. The molecule has 9 nitrogen and oxygen atoms in total. The minimum Gasteiger partial charge on any atom is -0.506 e. The normalized spacial score (nSPS) is 11.4. The second-order valence-corrected chi connectivity index (χ2v) is 7.45. The zero-order valence-electron chi connectivity index (χ0n) is 14.4. The maximum atomic E-state index is 12.6. The van der Waals surface area contributed by atoms with Gasteiger partial charge >= 0.3 is 0 Å². The van der Waals surface area contributed by atoms with Crippen molar-refractivity contribution in [2.75, 3.05) is 5.32 Å². The van der Waals surface area contributed by atoms with E-state index in [2.05, 4.69) is 5.32 Å². The van der Waals surface area contributed by atoms with Crippen molar-refractivity contribution >= 4 is 38.2 Å². The smallest absolute Gasteiger partial charge is 0.294 e. The molecule has 0 atom stereocenters. The highest BCUT2D eigenvalue weighted by molar-refractivity contribution is 7.85. The van der Waals surface area contributed by atoms with Crippen molar-refractivity contribution in [1.29, 1.82) is 0 Å². The molecule has 0 aliphatic rings. The van der Waals surface area contributed by atoms with Gasteiger partial charge in [0, 0.05) is 22.6 Å². The minimum absolute atomic E-state index is 0.0142. The van der Waals surface area contributed by atoms with Crippen LogP contribution in [0.4, 0.5) is 11.4 Å². The molecule has 0 saturated heterocycles. The summed E-state index contributed by atoms with van der Waals surface area (Å²) in [6, 6.07) is 10.4. The average molecular weight is 402 g/mol. The number of rotatable bonds is 4. The summed E-state index contributed by atoms with van der Waals surface area (Å²) in [5, 5.41) is 24.3. The molecule has 3 rings (SSSR count). The molecule has 3 N–H and O–H groups in total. The van der Waals surface area contributed by atoms with Crippen LogP contribution in [-0.2, 0) is 10.1 Å². The maximum Gasteiger partial charge on any atom is 0.294 e. The summed E-state index contributed by atoms with van der Waals surface area (Å²) in [7, 11) is -4.49. The first-order valence-electron chi connectivity index (χ1n) is 7.87. The number of hydrogen-bond donors (Lipinski definition) is 3. The first-order valence-corrected chi connectivity index (χ1v) is 9.31. The number of phenols is 1. The lowest BCUT2D eigenvalue weighted by Gasteiger charge is -2.12. The fourth-order valence-electron chi connectivity index (χ4n) is 2.71. The van der Waals surface area contributed by atoms with E-state index in [-0.39, 0.29) is 28.1 Å². The molecule has 144 valence electrons. The van der Waals surface area contributed by atoms with E-state index >= 15 is 0 Å². The maximum absolute atomic E-state index is 12.6. The van der Waals surface area contributed by atoms with Gasteiger partial charge in [-0.15, -0.1) is 0 Å². The van der Waals surface area contributed by atoms with Crippen molar-refractivity contribution in [2.24, 2.45) is 0 Å². The Morgan fingerprint density at radius 1 is 1.11 bits per heavy atom. The lowest BCUT2D eigenvalue weighted by Crippen LogP contribution is -2.13. The lowest BCUT2D eigenvalue weighted by atomic mass is 10.1. The van der Waals surface area contributed by atoms with Gasteiger partial charge in [-0.1, -0.05) is 18.2 Å². The van der Waals surface area contributed by atoms with Crippen molar-refractivity contribution in [3.8, 4) is 5.75 Å². The van der Waals surface area contributed by atoms with Crippen LogP contribution in [0.25, 0.3) is 10.8 Å². The highest BCUT2D eigenvalue weighted by Crippen LogP contribution is 2.34. The summed E-state index contributed by atoms with van der Waals surface area (Å²) < 4.78 is 32.0. The van der Waals surface area contributed by atoms with Crippen LogP contribution in [0.1, 0.15) is 15.9 Å². The van der Waals surface area contributed by atoms with E-state index in [0.29, 0.717) is 10.9 Å². The van der Waals surface area contributed by atoms with Gasteiger partial charge in [0.1, 0.15) is 5.75 Å². The van der Waals surface area contributed by atoms with Gasteiger partial charge in [-0.05, 0) is 36.6 Å². The Balaban J connectivity index is 2.09. The number of hydrogen-bond acceptors (Lipinski definition) is 6. The van der Waals surface area contributed by atoms with Gasteiger partial charge in [-0.3, -0.25) is 19.5 Å². The largest absolute Gasteiger partial charge is 0.506 e. The van der Waals surface area contributed by atoms with E-state index in [0.717, 1.165) is 12.1 Å².